The smallest absolute Gasteiger partial charge is 0.359 e. The van der Waals surface area contributed by atoms with Crippen molar-refractivity contribution in [2.45, 2.75) is 13.8 Å². The fraction of sp³-hybridized carbons (Fsp3) is 0.294. The molecule has 0 amide bonds. The van der Waals surface area contributed by atoms with Crippen LogP contribution in [0.1, 0.15) is 34.8 Å². The molecule has 2 rings (SSSR count). The van der Waals surface area contributed by atoms with Crippen LogP contribution in [-0.2, 0) is 9.47 Å². The van der Waals surface area contributed by atoms with E-state index in [4.69, 9.17) is 14.2 Å². The van der Waals surface area contributed by atoms with Gasteiger partial charge in [0.05, 0.1) is 20.3 Å². The Kier molecular flexibility index (Phi) is 5.53. The van der Waals surface area contributed by atoms with Gasteiger partial charge in [0.2, 0.25) is 0 Å². The lowest BCUT2D eigenvalue weighted by molar-refractivity contribution is 0.0508. The van der Waals surface area contributed by atoms with Crippen molar-refractivity contribution in [3.63, 3.8) is 0 Å². The zero-order valence-electron chi connectivity index (χ0n) is 14.1. The number of hydrogen-bond acceptors (Lipinski definition) is 7. The topological polar surface area (TPSA) is 107 Å². The first-order chi connectivity index (χ1) is 12.0. The molecule has 2 N–H and O–H groups in total. The van der Waals surface area contributed by atoms with Crippen LogP contribution < -0.4 is 4.74 Å². The second-order valence-corrected chi connectivity index (χ2v) is 4.87. The van der Waals surface area contributed by atoms with Gasteiger partial charge in [0.25, 0.3) is 0 Å². The Bertz CT molecular complexity index is 736. The quantitative estimate of drug-likeness (QED) is 0.770. The molecule has 8 heteroatoms. The molecule has 0 aliphatic carbocycles. The lowest BCUT2D eigenvalue weighted by Crippen LogP contribution is -2.16. The van der Waals surface area contributed by atoms with E-state index in [0.717, 1.165) is 4.57 Å². The molecular weight excluding hydrogens is 330 g/mol. The molecule has 8 nitrogen and oxygen atoms in total. The lowest BCUT2D eigenvalue weighted by Gasteiger charge is -2.12. The molecule has 0 spiro atoms. The molecule has 0 atom stereocenters. The van der Waals surface area contributed by atoms with Gasteiger partial charge in [-0.15, -0.1) is 0 Å². The van der Waals surface area contributed by atoms with Gasteiger partial charge >= 0.3 is 11.9 Å². The van der Waals surface area contributed by atoms with Crippen molar-refractivity contribution >= 4 is 11.9 Å². The molecule has 0 saturated carbocycles. The van der Waals surface area contributed by atoms with Gasteiger partial charge in [-0.3, -0.25) is 4.57 Å². The monoisotopic (exact) mass is 349 g/mol. The summed E-state index contributed by atoms with van der Waals surface area (Å²) >= 11 is 0. The molecule has 0 bridgehead atoms. The van der Waals surface area contributed by atoms with Crippen LogP contribution in [-0.4, -0.2) is 47.0 Å². The Morgan fingerprint density at radius 3 is 1.72 bits per heavy atom. The Morgan fingerprint density at radius 1 is 0.920 bits per heavy atom. The van der Waals surface area contributed by atoms with E-state index in [1.54, 1.807) is 38.1 Å². The Balaban J connectivity index is 2.72. The standard InChI is InChI=1S/C17H19NO7/c1-4-24-16(21)12-14(19)15(20)13(17(22)25-5-2)18(12)10-6-8-11(23-3)9-7-10/h6-9,19-20H,4-5H2,1-3H3. The van der Waals surface area contributed by atoms with Crippen molar-refractivity contribution in [2.24, 2.45) is 0 Å². The number of esters is 2. The third kappa shape index (κ3) is 3.37. The minimum Gasteiger partial charge on any atom is -0.503 e. The Hall–Kier alpha value is -3.16. The van der Waals surface area contributed by atoms with E-state index in [0.29, 0.717) is 11.4 Å². The molecule has 1 aromatic carbocycles. The van der Waals surface area contributed by atoms with Crippen molar-refractivity contribution in [1.82, 2.24) is 4.57 Å². The number of carbonyl (C=O) groups excluding carboxylic acids is 2. The highest BCUT2D eigenvalue weighted by atomic mass is 16.5. The number of carbonyl (C=O) groups is 2. The SMILES string of the molecule is CCOC(=O)c1c(O)c(O)c(C(=O)OCC)n1-c1ccc(OC)cc1. The third-order valence-corrected chi connectivity index (χ3v) is 3.39. The highest BCUT2D eigenvalue weighted by Gasteiger charge is 2.33. The largest absolute Gasteiger partial charge is 0.503 e. The predicted molar refractivity (Wildman–Crippen MR) is 87.6 cm³/mol. The lowest BCUT2D eigenvalue weighted by atomic mass is 10.2. The first-order valence-corrected chi connectivity index (χ1v) is 7.61. The van der Waals surface area contributed by atoms with Crippen molar-refractivity contribution < 1.29 is 34.0 Å². The number of hydrogen-bond donors (Lipinski definition) is 2. The summed E-state index contributed by atoms with van der Waals surface area (Å²) in [5.74, 6) is -2.72. The van der Waals surface area contributed by atoms with E-state index in [2.05, 4.69) is 0 Å². The number of ether oxygens (including phenoxy) is 3. The van der Waals surface area contributed by atoms with Crippen LogP contribution in [0.4, 0.5) is 0 Å². The summed E-state index contributed by atoms with van der Waals surface area (Å²) in [5.41, 5.74) is -0.400. The summed E-state index contributed by atoms with van der Waals surface area (Å²) < 4.78 is 16.0. The van der Waals surface area contributed by atoms with E-state index in [9.17, 15) is 19.8 Å². The second kappa shape index (κ2) is 7.61. The number of nitrogens with zero attached hydrogens (tertiary/aromatic N) is 1. The molecule has 1 heterocycles. The molecule has 0 aliphatic rings. The van der Waals surface area contributed by atoms with Gasteiger partial charge in [-0.2, -0.15) is 0 Å². The number of rotatable bonds is 6. The summed E-state index contributed by atoms with van der Waals surface area (Å²) in [6.45, 7) is 3.31. The summed E-state index contributed by atoms with van der Waals surface area (Å²) in [5, 5.41) is 20.3. The minimum absolute atomic E-state index is 0.0571. The summed E-state index contributed by atoms with van der Waals surface area (Å²) in [6.07, 6.45) is 0. The molecule has 0 unspecified atom stereocenters. The highest BCUT2D eigenvalue weighted by Crippen LogP contribution is 2.39. The maximum Gasteiger partial charge on any atom is 0.359 e. The van der Waals surface area contributed by atoms with Gasteiger partial charge in [0, 0.05) is 5.69 Å². The molecule has 1 aromatic heterocycles. The first kappa shape index (κ1) is 18.2. The van der Waals surface area contributed by atoms with E-state index in [-0.39, 0.29) is 24.6 Å². The number of aromatic nitrogens is 1. The molecule has 134 valence electrons. The predicted octanol–water partition coefficient (Wildman–Crippen LogP) is 2.25. The van der Waals surface area contributed by atoms with Crippen molar-refractivity contribution in [2.75, 3.05) is 20.3 Å². The van der Waals surface area contributed by atoms with Crippen LogP contribution in [0.2, 0.25) is 0 Å². The first-order valence-electron chi connectivity index (χ1n) is 7.61. The summed E-state index contributed by atoms with van der Waals surface area (Å²) in [6, 6.07) is 6.33. The second-order valence-electron chi connectivity index (χ2n) is 4.87. The normalized spacial score (nSPS) is 10.4. The third-order valence-electron chi connectivity index (χ3n) is 3.39. The Morgan fingerprint density at radius 2 is 1.36 bits per heavy atom. The van der Waals surface area contributed by atoms with Gasteiger partial charge in [0.1, 0.15) is 5.75 Å². The average molecular weight is 349 g/mol. The van der Waals surface area contributed by atoms with Gasteiger partial charge in [-0.1, -0.05) is 0 Å². The number of methoxy groups -OCH3 is 1. The van der Waals surface area contributed by atoms with Crippen LogP contribution in [0.15, 0.2) is 24.3 Å². The zero-order valence-corrected chi connectivity index (χ0v) is 14.1. The molecule has 25 heavy (non-hydrogen) atoms. The van der Waals surface area contributed by atoms with Gasteiger partial charge < -0.3 is 24.4 Å². The van der Waals surface area contributed by atoms with Crippen LogP contribution in [0.3, 0.4) is 0 Å². The maximum atomic E-state index is 12.2. The number of benzene rings is 1. The fourth-order valence-corrected chi connectivity index (χ4v) is 2.31. The molecule has 0 radical (unpaired) electrons. The number of aromatic hydroxyl groups is 2. The van der Waals surface area contributed by atoms with Gasteiger partial charge in [-0.25, -0.2) is 9.59 Å². The van der Waals surface area contributed by atoms with Gasteiger partial charge in [0.15, 0.2) is 22.9 Å². The highest BCUT2D eigenvalue weighted by molar-refractivity contribution is 6.00. The van der Waals surface area contributed by atoms with Crippen LogP contribution in [0.25, 0.3) is 5.69 Å². The molecule has 0 aliphatic heterocycles. The van der Waals surface area contributed by atoms with E-state index >= 15 is 0 Å². The van der Waals surface area contributed by atoms with Crippen LogP contribution in [0, 0.1) is 0 Å². The fourth-order valence-electron chi connectivity index (χ4n) is 2.31. The maximum absolute atomic E-state index is 12.2. The average Bonchev–Trinajstić information content (AvgIpc) is 2.87. The van der Waals surface area contributed by atoms with Crippen molar-refractivity contribution in [3.8, 4) is 22.9 Å². The van der Waals surface area contributed by atoms with Crippen molar-refractivity contribution in [1.29, 1.82) is 0 Å². The van der Waals surface area contributed by atoms with Crippen LogP contribution >= 0.6 is 0 Å². The summed E-state index contributed by atoms with van der Waals surface area (Å²) in [7, 11) is 1.50. The molecule has 0 fully saturated rings. The minimum atomic E-state index is -0.887. The van der Waals surface area contributed by atoms with Crippen LogP contribution in [0.5, 0.6) is 17.2 Å². The molecule has 2 aromatic rings. The molecule has 0 saturated heterocycles. The Labute approximate surface area is 144 Å². The van der Waals surface area contributed by atoms with E-state index in [1.807, 2.05) is 0 Å². The van der Waals surface area contributed by atoms with Crippen molar-refractivity contribution in [3.05, 3.63) is 35.7 Å². The van der Waals surface area contributed by atoms with Gasteiger partial charge in [-0.05, 0) is 38.1 Å². The zero-order chi connectivity index (χ0) is 18.6. The summed E-state index contributed by atoms with van der Waals surface area (Å²) in [4.78, 5) is 24.5. The molecular formula is C17H19NO7. The van der Waals surface area contributed by atoms with E-state index < -0.39 is 23.4 Å². The van der Waals surface area contributed by atoms with E-state index in [1.165, 1.54) is 7.11 Å².